The van der Waals surface area contributed by atoms with E-state index < -0.39 is 0 Å². The Morgan fingerprint density at radius 1 is 0.609 bits per heavy atom. The quantitative estimate of drug-likeness (QED) is 0.654. The normalized spacial score (nSPS) is 13.7. The average molecular weight is 307 g/mol. The monoisotopic (exact) mass is 307 g/mol. The summed E-state index contributed by atoms with van der Waals surface area (Å²) in [5.41, 5.74) is 4.07. The zero-order chi connectivity index (χ0) is 16.1. The van der Waals surface area contributed by atoms with Crippen LogP contribution in [0.25, 0.3) is 0 Å². The molecule has 3 aromatic rings. The molecule has 0 aliphatic carbocycles. The summed E-state index contributed by atoms with van der Waals surface area (Å²) in [5.74, 6) is -0.167. The second-order valence-electron chi connectivity index (χ2n) is 5.66. The number of aromatic nitrogens is 1. The predicted molar refractivity (Wildman–Crippen MR) is 91.5 cm³/mol. The van der Waals surface area contributed by atoms with Gasteiger partial charge in [0.1, 0.15) is 0 Å². The van der Waals surface area contributed by atoms with E-state index in [1.165, 1.54) is 0 Å². The van der Waals surface area contributed by atoms with Crippen LogP contribution in [0.4, 0.5) is 0 Å². The molecule has 3 N–H and O–H groups in total. The molecule has 0 saturated heterocycles. The van der Waals surface area contributed by atoms with Crippen molar-refractivity contribution in [3.63, 3.8) is 0 Å². The van der Waals surface area contributed by atoms with Crippen LogP contribution in [-0.4, -0.2) is 28.4 Å². The molecule has 2 atom stereocenters. The van der Waals surface area contributed by atoms with Crippen molar-refractivity contribution in [2.24, 2.45) is 0 Å². The number of aromatic amines is 1. The molecule has 0 aliphatic heterocycles. The third-order valence-corrected chi connectivity index (χ3v) is 4.25. The number of H-pyrrole nitrogens is 1. The highest BCUT2D eigenvalue weighted by Gasteiger charge is 2.19. The Morgan fingerprint density at radius 3 is 1.35 bits per heavy atom. The summed E-state index contributed by atoms with van der Waals surface area (Å²) in [5, 5.41) is 19.6. The van der Waals surface area contributed by atoms with Gasteiger partial charge in [-0.2, -0.15) is 0 Å². The van der Waals surface area contributed by atoms with Gasteiger partial charge in [0.2, 0.25) is 0 Å². The van der Waals surface area contributed by atoms with Crippen LogP contribution in [0.5, 0.6) is 0 Å². The minimum Gasteiger partial charge on any atom is -0.395 e. The summed E-state index contributed by atoms with van der Waals surface area (Å²) < 4.78 is 0. The Kier molecular flexibility index (Phi) is 4.91. The van der Waals surface area contributed by atoms with Gasteiger partial charge < -0.3 is 15.2 Å². The lowest BCUT2D eigenvalue weighted by Crippen LogP contribution is -2.09. The molecule has 0 bridgehead atoms. The lowest BCUT2D eigenvalue weighted by atomic mass is 9.97. The van der Waals surface area contributed by atoms with E-state index in [4.69, 9.17) is 0 Å². The smallest absolute Gasteiger partial charge is 0.0554 e. The summed E-state index contributed by atoms with van der Waals surface area (Å²) >= 11 is 0. The van der Waals surface area contributed by atoms with E-state index in [-0.39, 0.29) is 25.0 Å². The number of aliphatic hydroxyl groups is 2. The first-order valence-corrected chi connectivity index (χ1v) is 7.84. The molecule has 3 nitrogen and oxygen atoms in total. The van der Waals surface area contributed by atoms with Crippen LogP contribution in [0.2, 0.25) is 0 Å². The molecule has 1 aromatic heterocycles. The number of benzene rings is 2. The molecule has 0 saturated carbocycles. The molecular formula is C20H21NO2. The van der Waals surface area contributed by atoms with E-state index in [2.05, 4.69) is 4.98 Å². The Labute approximate surface area is 136 Å². The van der Waals surface area contributed by atoms with Gasteiger partial charge in [0.15, 0.2) is 0 Å². The van der Waals surface area contributed by atoms with Crippen LogP contribution < -0.4 is 0 Å². The first kappa shape index (κ1) is 15.5. The van der Waals surface area contributed by atoms with Crippen molar-refractivity contribution >= 4 is 0 Å². The molecule has 118 valence electrons. The van der Waals surface area contributed by atoms with E-state index in [9.17, 15) is 10.2 Å². The first-order chi connectivity index (χ1) is 11.3. The van der Waals surface area contributed by atoms with Crippen molar-refractivity contribution in [1.82, 2.24) is 4.98 Å². The fraction of sp³-hybridized carbons (Fsp3) is 0.200. The highest BCUT2D eigenvalue weighted by atomic mass is 16.3. The molecule has 1 heterocycles. The van der Waals surface area contributed by atoms with Crippen LogP contribution in [0.1, 0.15) is 34.4 Å². The molecule has 2 unspecified atom stereocenters. The minimum atomic E-state index is -0.0833. The second-order valence-corrected chi connectivity index (χ2v) is 5.66. The van der Waals surface area contributed by atoms with E-state index in [0.717, 1.165) is 22.5 Å². The highest BCUT2D eigenvalue weighted by molar-refractivity contribution is 5.34. The molecule has 2 aromatic carbocycles. The van der Waals surface area contributed by atoms with Crippen LogP contribution in [0.3, 0.4) is 0 Å². The summed E-state index contributed by atoms with van der Waals surface area (Å²) in [6, 6.07) is 23.9. The third kappa shape index (κ3) is 3.36. The topological polar surface area (TPSA) is 56.2 Å². The zero-order valence-corrected chi connectivity index (χ0v) is 12.9. The number of hydrogen-bond donors (Lipinski definition) is 3. The van der Waals surface area contributed by atoms with E-state index in [1.807, 2.05) is 72.8 Å². The van der Waals surface area contributed by atoms with Crippen molar-refractivity contribution < 1.29 is 10.2 Å². The van der Waals surface area contributed by atoms with Gasteiger partial charge in [-0.1, -0.05) is 60.7 Å². The maximum Gasteiger partial charge on any atom is 0.0554 e. The maximum absolute atomic E-state index is 9.79. The van der Waals surface area contributed by atoms with Crippen molar-refractivity contribution in [1.29, 1.82) is 0 Å². The zero-order valence-electron chi connectivity index (χ0n) is 12.9. The van der Waals surface area contributed by atoms with Crippen molar-refractivity contribution in [2.75, 3.05) is 13.2 Å². The van der Waals surface area contributed by atoms with Crippen LogP contribution in [0, 0.1) is 0 Å². The van der Waals surface area contributed by atoms with Gasteiger partial charge in [-0.05, 0) is 23.3 Å². The molecule has 0 aliphatic rings. The van der Waals surface area contributed by atoms with Gasteiger partial charge in [-0.3, -0.25) is 0 Å². The molecule has 3 rings (SSSR count). The molecule has 0 fully saturated rings. The second kappa shape index (κ2) is 7.27. The standard InChI is InChI=1S/C20H21NO2/c22-13-17(15-7-3-1-4-8-15)19-11-12-20(21-19)18(14-23)16-9-5-2-6-10-16/h1-12,17-18,21-23H,13-14H2. The highest BCUT2D eigenvalue weighted by Crippen LogP contribution is 2.28. The summed E-state index contributed by atoms with van der Waals surface area (Å²) in [4.78, 5) is 3.39. The number of rotatable bonds is 6. The molecule has 0 radical (unpaired) electrons. The van der Waals surface area contributed by atoms with E-state index in [0.29, 0.717) is 0 Å². The number of aliphatic hydroxyl groups excluding tert-OH is 2. The summed E-state index contributed by atoms with van der Waals surface area (Å²) in [6.45, 7) is 0.0815. The molecule has 0 spiro atoms. The van der Waals surface area contributed by atoms with Crippen molar-refractivity contribution in [3.8, 4) is 0 Å². The maximum atomic E-state index is 9.79. The molecular weight excluding hydrogens is 286 g/mol. The molecule has 0 amide bonds. The largest absolute Gasteiger partial charge is 0.395 e. The van der Waals surface area contributed by atoms with Gasteiger partial charge >= 0.3 is 0 Å². The van der Waals surface area contributed by atoms with Gasteiger partial charge in [0.05, 0.1) is 13.2 Å². The van der Waals surface area contributed by atoms with Crippen molar-refractivity contribution in [2.45, 2.75) is 11.8 Å². The Bertz CT molecular complexity index is 660. The molecule has 3 heteroatoms. The van der Waals surface area contributed by atoms with Gasteiger partial charge in [0.25, 0.3) is 0 Å². The van der Waals surface area contributed by atoms with Crippen molar-refractivity contribution in [3.05, 3.63) is 95.3 Å². The number of hydrogen-bond acceptors (Lipinski definition) is 2. The fourth-order valence-corrected chi connectivity index (χ4v) is 2.97. The van der Waals surface area contributed by atoms with E-state index >= 15 is 0 Å². The molecule has 23 heavy (non-hydrogen) atoms. The fourth-order valence-electron chi connectivity index (χ4n) is 2.97. The lowest BCUT2D eigenvalue weighted by molar-refractivity contribution is 0.276. The van der Waals surface area contributed by atoms with Gasteiger partial charge in [0, 0.05) is 23.2 Å². The van der Waals surface area contributed by atoms with Crippen LogP contribution in [-0.2, 0) is 0 Å². The Morgan fingerprint density at radius 2 is 1.00 bits per heavy atom. The Balaban J connectivity index is 1.90. The minimum absolute atomic E-state index is 0.0408. The summed E-state index contributed by atoms with van der Waals surface area (Å²) in [7, 11) is 0. The third-order valence-electron chi connectivity index (χ3n) is 4.25. The lowest BCUT2D eigenvalue weighted by Gasteiger charge is -2.15. The predicted octanol–water partition coefficient (Wildman–Crippen LogP) is 3.26. The Hall–Kier alpha value is -2.36. The summed E-state index contributed by atoms with van der Waals surface area (Å²) in [6.07, 6.45) is 0. The van der Waals surface area contributed by atoms with Gasteiger partial charge in [-0.15, -0.1) is 0 Å². The van der Waals surface area contributed by atoms with Crippen LogP contribution >= 0.6 is 0 Å². The average Bonchev–Trinajstić information content (AvgIpc) is 3.08. The van der Waals surface area contributed by atoms with Crippen LogP contribution in [0.15, 0.2) is 72.8 Å². The van der Waals surface area contributed by atoms with Gasteiger partial charge in [-0.25, -0.2) is 0 Å². The number of nitrogens with one attached hydrogen (secondary N) is 1. The van der Waals surface area contributed by atoms with E-state index in [1.54, 1.807) is 0 Å². The first-order valence-electron chi connectivity index (χ1n) is 7.84. The SMILES string of the molecule is OCC(c1ccccc1)c1ccc(C(CO)c2ccccc2)[nH]1.